The predicted octanol–water partition coefficient (Wildman–Crippen LogP) is 3.09. The van der Waals surface area contributed by atoms with Crippen molar-refractivity contribution in [2.75, 3.05) is 0 Å². The Labute approximate surface area is 97.2 Å². The van der Waals surface area contributed by atoms with Gasteiger partial charge in [0.15, 0.2) is 11.6 Å². The number of rotatable bonds is 2. The van der Waals surface area contributed by atoms with Crippen LogP contribution < -0.4 is 0 Å². The minimum Gasteiger partial charge on any atom is -0.256 e. The number of nitriles is 1. The van der Waals surface area contributed by atoms with Crippen molar-refractivity contribution in [2.45, 2.75) is 6.42 Å². The van der Waals surface area contributed by atoms with Crippen LogP contribution >= 0.6 is 0 Å². The van der Waals surface area contributed by atoms with E-state index in [4.69, 9.17) is 5.26 Å². The molecular weight excluding hydrogens is 222 g/mol. The molecule has 0 amide bonds. The van der Waals surface area contributed by atoms with Gasteiger partial charge in [-0.1, -0.05) is 0 Å². The Bertz CT molecular complexity index is 588. The third-order valence-corrected chi connectivity index (χ3v) is 2.32. The van der Waals surface area contributed by atoms with Crippen LogP contribution in [0.25, 0.3) is 11.3 Å². The molecule has 0 spiro atoms. The highest BCUT2D eigenvalue weighted by atomic mass is 19.2. The Hall–Kier alpha value is -2.28. The van der Waals surface area contributed by atoms with Crippen LogP contribution in [0.5, 0.6) is 0 Å². The van der Waals surface area contributed by atoms with E-state index in [0.717, 1.165) is 17.7 Å². The molecule has 0 bridgehead atoms. The zero-order chi connectivity index (χ0) is 12.3. The minimum absolute atomic E-state index is 0.263. The number of aromatic nitrogens is 1. The van der Waals surface area contributed by atoms with Gasteiger partial charge in [0, 0.05) is 11.8 Å². The van der Waals surface area contributed by atoms with Crippen LogP contribution in [0.1, 0.15) is 5.56 Å². The molecule has 17 heavy (non-hydrogen) atoms. The number of pyridine rings is 1. The highest BCUT2D eigenvalue weighted by molar-refractivity contribution is 5.59. The normalized spacial score (nSPS) is 9.94. The van der Waals surface area contributed by atoms with Gasteiger partial charge >= 0.3 is 0 Å². The molecule has 0 aliphatic rings. The Balaban J connectivity index is 2.42. The number of hydrogen-bond donors (Lipinski definition) is 0. The Morgan fingerprint density at radius 2 is 1.94 bits per heavy atom. The molecule has 0 fully saturated rings. The van der Waals surface area contributed by atoms with Gasteiger partial charge in [0.2, 0.25) is 0 Å². The maximum absolute atomic E-state index is 13.1. The smallest absolute Gasteiger partial charge is 0.159 e. The fourth-order valence-electron chi connectivity index (χ4n) is 1.49. The second kappa shape index (κ2) is 4.71. The molecule has 1 aromatic heterocycles. The van der Waals surface area contributed by atoms with Crippen molar-refractivity contribution in [3.8, 4) is 17.3 Å². The number of halogens is 2. The summed E-state index contributed by atoms with van der Waals surface area (Å²) in [4.78, 5) is 4.06. The summed E-state index contributed by atoms with van der Waals surface area (Å²) in [5.74, 6) is -1.79. The first-order valence-corrected chi connectivity index (χ1v) is 4.98. The van der Waals surface area contributed by atoms with Gasteiger partial charge < -0.3 is 0 Å². The molecule has 2 aromatic rings. The highest BCUT2D eigenvalue weighted by Crippen LogP contribution is 2.20. The van der Waals surface area contributed by atoms with E-state index in [0.29, 0.717) is 11.3 Å². The molecular formula is C13H8F2N2. The first kappa shape index (κ1) is 11.2. The van der Waals surface area contributed by atoms with Crippen LogP contribution in [0.3, 0.4) is 0 Å². The summed E-state index contributed by atoms with van der Waals surface area (Å²) in [6.07, 6.45) is 1.81. The van der Waals surface area contributed by atoms with Crippen molar-refractivity contribution >= 4 is 0 Å². The molecule has 4 heteroatoms. The average molecular weight is 230 g/mol. The standard InChI is InChI=1S/C13H8F2N2/c14-11-2-1-10(8-12(11)15)13-7-9(3-5-16)4-6-17-13/h1-2,4,6-8H,3H2. The Morgan fingerprint density at radius 1 is 1.12 bits per heavy atom. The van der Waals surface area contributed by atoms with E-state index in [2.05, 4.69) is 4.98 Å². The summed E-state index contributed by atoms with van der Waals surface area (Å²) in [6, 6.07) is 9.03. The molecule has 0 N–H and O–H groups in total. The van der Waals surface area contributed by atoms with Crippen molar-refractivity contribution in [1.82, 2.24) is 4.98 Å². The van der Waals surface area contributed by atoms with Crippen molar-refractivity contribution in [1.29, 1.82) is 5.26 Å². The molecule has 2 rings (SSSR count). The fourth-order valence-corrected chi connectivity index (χ4v) is 1.49. The molecule has 0 radical (unpaired) electrons. The second-order valence-corrected chi connectivity index (χ2v) is 3.51. The van der Waals surface area contributed by atoms with Crippen molar-refractivity contribution in [3.63, 3.8) is 0 Å². The van der Waals surface area contributed by atoms with Crippen LogP contribution in [0, 0.1) is 23.0 Å². The largest absolute Gasteiger partial charge is 0.256 e. The molecule has 1 heterocycles. The van der Waals surface area contributed by atoms with Gasteiger partial charge in [-0.15, -0.1) is 0 Å². The number of benzene rings is 1. The molecule has 1 aromatic carbocycles. The third-order valence-electron chi connectivity index (χ3n) is 2.32. The van der Waals surface area contributed by atoms with Crippen LogP contribution in [-0.2, 0) is 6.42 Å². The summed E-state index contributed by atoms with van der Waals surface area (Å²) < 4.78 is 25.8. The van der Waals surface area contributed by atoms with Gasteiger partial charge in [0.25, 0.3) is 0 Å². The van der Waals surface area contributed by atoms with Gasteiger partial charge in [0.1, 0.15) is 0 Å². The first-order valence-electron chi connectivity index (χ1n) is 4.98. The molecule has 0 atom stereocenters. The van der Waals surface area contributed by atoms with Crippen molar-refractivity contribution in [3.05, 3.63) is 53.7 Å². The summed E-state index contributed by atoms with van der Waals surface area (Å²) in [5.41, 5.74) is 1.81. The van der Waals surface area contributed by atoms with Crippen LogP contribution in [0.2, 0.25) is 0 Å². The maximum Gasteiger partial charge on any atom is 0.159 e. The first-order chi connectivity index (χ1) is 8.20. The van der Waals surface area contributed by atoms with E-state index in [1.54, 1.807) is 18.3 Å². The molecule has 0 saturated carbocycles. The Kier molecular flexibility index (Phi) is 3.10. The third kappa shape index (κ3) is 2.45. The minimum atomic E-state index is -0.907. The van der Waals surface area contributed by atoms with Gasteiger partial charge in [0.05, 0.1) is 18.2 Å². The highest BCUT2D eigenvalue weighted by Gasteiger charge is 2.06. The molecule has 0 aliphatic heterocycles. The van der Waals surface area contributed by atoms with Crippen molar-refractivity contribution < 1.29 is 8.78 Å². The molecule has 2 nitrogen and oxygen atoms in total. The lowest BCUT2D eigenvalue weighted by Crippen LogP contribution is -1.90. The van der Waals surface area contributed by atoms with Gasteiger partial charge in [-0.2, -0.15) is 5.26 Å². The van der Waals surface area contributed by atoms with E-state index in [1.165, 1.54) is 6.07 Å². The van der Waals surface area contributed by atoms with E-state index < -0.39 is 11.6 Å². The summed E-state index contributed by atoms with van der Waals surface area (Å²) in [7, 11) is 0. The zero-order valence-electron chi connectivity index (χ0n) is 8.82. The van der Waals surface area contributed by atoms with E-state index in [-0.39, 0.29) is 6.42 Å². The number of hydrogen-bond acceptors (Lipinski definition) is 2. The Morgan fingerprint density at radius 3 is 2.65 bits per heavy atom. The lowest BCUT2D eigenvalue weighted by atomic mass is 10.1. The van der Waals surface area contributed by atoms with Gasteiger partial charge in [-0.3, -0.25) is 4.98 Å². The van der Waals surface area contributed by atoms with E-state index in [1.807, 2.05) is 6.07 Å². The van der Waals surface area contributed by atoms with Crippen molar-refractivity contribution in [2.24, 2.45) is 0 Å². The van der Waals surface area contributed by atoms with E-state index >= 15 is 0 Å². The summed E-state index contributed by atoms with van der Waals surface area (Å²) in [5, 5.41) is 8.58. The molecule has 84 valence electrons. The average Bonchev–Trinajstić information content (AvgIpc) is 2.33. The van der Waals surface area contributed by atoms with Crippen LogP contribution in [0.4, 0.5) is 8.78 Å². The lowest BCUT2D eigenvalue weighted by Gasteiger charge is -2.03. The predicted molar refractivity (Wildman–Crippen MR) is 58.9 cm³/mol. The second-order valence-electron chi connectivity index (χ2n) is 3.51. The quantitative estimate of drug-likeness (QED) is 0.794. The fraction of sp³-hybridized carbons (Fsp3) is 0.0769. The van der Waals surface area contributed by atoms with E-state index in [9.17, 15) is 8.78 Å². The topological polar surface area (TPSA) is 36.7 Å². The van der Waals surface area contributed by atoms with Gasteiger partial charge in [-0.25, -0.2) is 8.78 Å². The SMILES string of the molecule is N#CCc1ccnc(-c2ccc(F)c(F)c2)c1. The summed E-state index contributed by atoms with van der Waals surface area (Å²) in [6.45, 7) is 0. The maximum atomic E-state index is 13.1. The molecule has 0 aliphatic carbocycles. The molecule has 0 saturated heterocycles. The van der Waals surface area contributed by atoms with Crippen LogP contribution in [-0.4, -0.2) is 4.98 Å². The summed E-state index contributed by atoms with van der Waals surface area (Å²) >= 11 is 0. The monoisotopic (exact) mass is 230 g/mol. The lowest BCUT2D eigenvalue weighted by molar-refractivity contribution is 0.509. The van der Waals surface area contributed by atoms with Gasteiger partial charge in [-0.05, 0) is 35.9 Å². The molecule has 0 unspecified atom stereocenters. The number of nitrogens with zero attached hydrogens (tertiary/aromatic N) is 2. The zero-order valence-corrected chi connectivity index (χ0v) is 8.82. The van der Waals surface area contributed by atoms with Crippen LogP contribution in [0.15, 0.2) is 36.5 Å².